The molecule has 1 heterocycles. The molecule has 1 fully saturated rings. The third-order valence-corrected chi connectivity index (χ3v) is 3.07. The van der Waals surface area contributed by atoms with E-state index in [1.54, 1.807) is 0 Å². The number of hydrogen-bond acceptors (Lipinski definition) is 2. The lowest BCUT2D eigenvalue weighted by molar-refractivity contribution is -0.120. The van der Waals surface area contributed by atoms with Gasteiger partial charge in [-0.15, -0.1) is 0 Å². The number of carbonyl (C=O) groups excluding carboxylic acids is 1. The van der Waals surface area contributed by atoms with Gasteiger partial charge in [0.1, 0.15) is 0 Å². The summed E-state index contributed by atoms with van der Waals surface area (Å²) < 4.78 is 0. The summed E-state index contributed by atoms with van der Waals surface area (Å²) in [5.74, 6) is 0.193. The molecular weight excluding hydrogens is 224 g/mol. The Kier molecular flexibility index (Phi) is 5.86. The first kappa shape index (κ1) is 14.7. The molecule has 1 aromatic rings. The minimum atomic E-state index is 0.193. The highest BCUT2D eigenvalue weighted by Gasteiger charge is 2.22. The normalized spacial score (nSPS) is 16.2. The lowest BCUT2D eigenvalue weighted by Gasteiger charge is -2.32. The number of amides is 1. The maximum atomic E-state index is 11.8. The number of piperazine rings is 1. The fourth-order valence-electron chi connectivity index (χ4n) is 1.98. The van der Waals surface area contributed by atoms with E-state index in [0.29, 0.717) is 6.54 Å². The fraction of sp³-hybridized carbons (Fsp3) is 0.533. The Hall–Kier alpha value is -1.35. The van der Waals surface area contributed by atoms with Gasteiger partial charge >= 0.3 is 0 Å². The molecule has 1 aliphatic heterocycles. The molecule has 0 unspecified atom stereocenters. The molecule has 0 radical (unpaired) electrons. The Labute approximate surface area is 110 Å². The van der Waals surface area contributed by atoms with E-state index in [4.69, 9.17) is 0 Å². The minimum absolute atomic E-state index is 0.193. The van der Waals surface area contributed by atoms with E-state index in [1.807, 2.05) is 37.9 Å². The molecule has 3 heteroatoms. The molecule has 0 spiro atoms. The van der Waals surface area contributed by atoms with E-state index in [-0.39, 0.29) is 5.91 Å². The Balaban J connectivity index is 0.000000771. The van der Waals surface area contributed by atoms with E-state index < -0.39 is 0 Å². The van der Waals surface area contributed by atoms with Crippen LogP contribution in [-0.4, -0.2) is 37.5 Å². The summed E-state index contributed by atoms with van der Waals surface area (Å²) in [5.41, 5.74) is 2.33. The third-order valence-electron chi connectivity index (χ3n) is 3.07. The summed E-state index contributed by atoms with van der Waals surface area (Å²) in [5, 5.41) is 0. The molecule has 18 heavy (non-hydrogen) atoms. The van der Waals surface area contributed by atoms with Gasteiger partial charge in [0.25, 0.3) is 0 Å². The fourth-order valence-corrected chi connectivity index (χ4v) is 1.98. The van der Waals surface area contributed by atoms with E-state index in [2.05, 4.69) is 24.0 Å². The number of nitrogens with zero attached hydrogens (tertiary/aromatic N) is 2. The van der Waals surface area contributed by atoms with Gasteiger partial charge in [-0.1, -0.05) is 32.9 Å². The Morgan fingerprint density at radius 3 is 2.22 bits per heavy atom. The SMILES string of the molecule is CC.CCc1ccc(N2CCN(C)CC2=O)cc1. The maximum Gasteiger partial charge on any atom is 0.241 e. The average molecular weight is 248 g/mol. The van der Waals surface area contributed by atoms with E-state index >= 15 is 0 Å². The van der Waals surface area contributed by atoms with Crippen molar-refractivity contribution in [3.8, 4) is 0 Å². The zero-order valence-corrected chi connectivity index (χ0v) is 11.9. The maximum absolute atomic E-state index is 11.8. The quantitative estimate of drug-likeness (QED) is 0.803. The molecule has 1 aliphatic rings. The average Bonchev–Trinajstić information content (AvgIpc) is 2.41. The van der Waals surface area contributed by atoms with Gasteiger partial charge < -0.3 is 4.90 Å². The topological polar surface area (TPSA) is 23.6 Å². The van der Waals surface area contributed by atoms with Crippen LogP contribution in [-0.2, 0) is 11.2 Å². The van der Waals surface area contributed by atoms with Crippen LogP contribution in [0.3, 0.4) is 0 Å². The smallest absolute Gasteiger partial charge is 0.241 e. The number of likely N-dealkylation sites (N-methyl/N-ethyl adjacent to an activating group) is 1. The zero-order chi connectivity index (χ0) is 13.5. The van der Waals surface area contributed by atoms with Crippen LogP contribution in [0.25, 0.3) is 0 Å². The second-order valence-electron chi connectivity index (χ2n) is 4.30. The lowest BCUT2D eigenvalue weighted by atomic mass is 10.1. The summed E-state index contributed by atoms with van der Waals surface area (Å²) in [4.78, 5) is 15.8. The first-order valence-electron chi connectivity index (χ1n) is 6.78. The van der Waals surface area contributed by atoms with Crippen molar-refractivity contribution in [3.05, 3.63) is 29.8 Å². The van der Waals surface area contributed by atoms with Crippen LogP contribution in [0, 0.1) is 0 Å². The van der Waals surface area contributed by atoms with Crippen molar-refractivity contribution in [3.63, 3.8) is 0 Å². The number of aryl methyl sites for hydroxylation is 1. The van der Waals surface area contributed by atoms with Gasteiger partial charge in [0.2, 0.25) is 5.91 Å². The third kappa shape index (κ3) is 3.57. The molecule has 1 saturated heterocycles. The molecule has 2 rings (SSSR count). The predicted octanol–water partition coefficient (Wildman–Crippen LogP) is 2.55. The number of anilines is 1. The van der Waals surface area contributed by atoms with Crippen LogP contribution >= 0.6 is 0 Å². The van der Waals surface area contributed by atoms with Crippen LogP contribution in [0.2, 0.25) is 0 Å². The van der Waals surface area contributed by atoms with Crippen LogP contribution in [0.15, 0.2) is 24.3 Å². The molecule has 0 bridgehead atoms. The molecule has 0 saturated carbocycles. The van der Waals surface area contributed by atoms with Crippen LogP contribution in [0.5, 0.6) is 0 Å². The summed E-state index contributed by atoms with van der Waals surface area (Å²) >= 11 is 0. The van der Waals surface area contributed by atoms with Crippen molar-refractivity contribution < 1.29 is 4.79 Å². The van der Waals surface area contributed by atoms with Crippen molar-refractivity contribution in [2.45, 2.75) is 27.2 Å². The molecule has 0 aliphatic carbocycles. The highest BCUT2D eigenvalue weighted by Crippen LogP contribution is 2.17. The second-order valence-corrected chi connectivity index (χ2v) is 4.30. The monoisotopic (exact) mass is 248 g/mol. The van der Waals surface area contributed by atoms with Crippen molar-refractivity contribution in [1.82, 2.24) is 4.90 Å². The molecular formula is C15H24N2O. The number of carbonyl (C=O) groups is 1. The van der Waals surface area contributed by atoms with E-state index in [9.17, 15) is 4.79 Å². The van der Waals surface area contributed by atoms with Gasteiger partial charge in [0.05, 0.1) is 6.54 Å². The van der Waals surface area contributed by atoms with Crippen LogP contribution < -0.4 is 4.90 Å². The first-order valence-corrected chi connectivity index (χ1v) is 6.78. The molecule has 3 nitrogen and oxygen atoms in total. The molecule has 0 atom stereocenters. The van der Waals surface area contributed by atoms with Crippen molar-refractivity contribution >= 4 is 11.6 Å². The van der Waals surface area contributed by atoms with Crippen molar-refractivity contribution in [2.24, 2.45) is 0 Å². The first-order chi connectivity index (χ1) is 8.70. The molecule has 0 N–H and O–H groups in total. The van der Waals surface area contributed by atoms with Gasteiger partial charge in [-0.25, -0.2) is 0 Å². The standard InChI is InChI=1S/C13H18N2O.C2H6/c1-3-11-4-6-12(7-5-11)15-9-8-14(2)10-13(15)16;1-2/h4-7H,3,8-10H2,1-2H3;1-2H3. The number of rotatable bonds is 2. The van der Waals surface area contributed by atoms with Crippen molar-refractivity contribution in [1.29, 1.82) is 0 Å². The zero-order valence-electron chi connectivity index (χ0n) is 11.9. The Bertz CT molecular complexity index is 373. The highest BCUT2D eigenvalue weighted by molar-refractivity contribution is 5.95. The van der Waals surface area contributed by atoms with Gasteiger partial charge in [0, 0.05) is 18.8 Å². The lowest BCUT2D eigenvalue weighted by Crippen LogP contribution is -2.48. The van der Waals surface area contributed by atoms with Gasteiger partial charge in [-0.05, 0) is 31.2 Å². The minimum Gasteiger partial charge on any atom is -0.310 e. The largest absolute Gasteiger partial charge is 0.310 e. The molecule has 1 aromatic carbocycles. The van der Waals surface area contributed by atoms with E-state index in [0.717, 1.165) is 25.2 Å². The predicted molar refractivity (Wildman–Crippen MR) is 77.0 cm³/mol. The summed E-state index contributed by atoms with van der Waals surface area (Å²) in [7, 11) is 1.98. The summed E-state index contributed by atoms with van der Waals surface area (Å²) in [6.45, 7) is 8.40. The summed E-state index contributed by atoms with van der Waals surface area (Å²) in [6.07, 6.45) is 1.04. The number of benzene rings is 1. The van der Waals surface area contributed by atoms with Crippen molar-refractivity contribution in [2.75, 3.05) is 31.6 Å². The van der Waals surface area contributed by atoms with Crippen LogP contribution in [0.1, 0.15) is 26.3 Å². The summed E-state index contributed by atoms with van der Waals surface area (Å²) in [6, 6.07) is 8.28. The van der Waals surface area contributed by atoms with Gasteiger partial charge in [-0.3, -0.25) is 9.69 Å². The molecule has 100 valence electrons. The highest BCUT2D eigenvalue weighted by atomic mass is 16.2. The Morgan fingerprint density at radius 1 is 1.11 bits per heavy atom. The van der Waals surface area contributed by atoms with E-state index in [1.165, 1.54) is 5.56 Å². The molecule has 1 amide bonds. The second kappa shape index (κ2) is 7.17. The number of hydrogen-bond donors (Lipinski definition) is 0. The Morgan fingerprint density at radius 2 is 1.72 bits per heavy atom. The molecule has 0 aromatic heterocycles. The van der Waals surface area contributed by atoms with Gasteiger partial charge in [-0.2, -0.15) is 0 Å². The van der Waals surface area contributed by atoms with Gasteiger partial charge in [0.15, 0.2) is 0 Å². The van der Waals surface area contributed by atoms with Crippen LogP contribution in [0.4, 0.5) is 5.69 Å².